The van der Waals surface area contributed by atoms with Crippen molar-refractivity contribution in [2.24, 2.45) is 5.92 Å². The van der Waals surface area contributed by atoms with E-state index in [4.69, 9.17) is 4.74 Å². The number of hydrogen-bond acceptors (Lipinski definition) is 5. The Morgan fingerprint density at radius 1 is 0.804 bits per heavy atom. The fraction of sp³-hybridized carbons (Fsp3) is 0.364. The molecule has 4 aromatic rings. The number of benzene rings is 4. The molecule has 2 aliphatic carbocycles. The van der Waals surface area contributed by atoms with Gasteiger partial charge in [-0.3, -0.25) is 9.59 Å². The van der Waals surface area contributed by atoms with Crippen LogP contribution < -0.4 is 15.4 Å². The maximum absolute atomic E-state index is 13.6. The molecule has 7 heteroatoms. The highest BCUT2D eigenvalue weighted by Crippen LogP contribution is 2.32. The van der Waals surface area contributed by atoms with Crippen LogP contribution in [0.1, 0.15) is 78.8 Å². The molecule has 0 radical (unpaired) electrons. The van der Waals surface area contributed by atoms with Gasteiger partial charge in [-0.2, -0.15) is 0 Å². The van der Waals surface area contributed by atoms with Crippen molar-refractivity contribution in [3.05, 3.63) is 149 Å². The summed E-state index contributed by atoms with van der Waals surface area (Å²) >= 11 is 0. The summed E-state index contributed by atoms with van der Waals surface area (Å²) in [4.78, 5) is 26.5. The molecule has 0 saturated heterocycles. The van der Waals surface area contributed by atoms with Crippen LogP contribution in [0.25, 0.3) is 0 Å². The Morgan fingerprint density at radius 2 is 1.47 bits per heavy atom. The maximum atomic E-state index is 13.6. The van der Waals surface area contributed by atoms with Gasteiger partial charge in [0.15, 0.2) is 0 Å². The summed E-state index contributed by atoms with van der Waals surface area (Å²) in [6, 6.07) is 35.4. The minimum Gasteiger partial charge on any atom is -0.489 e. The average molecular weight is 687 g/mol. The Bertz CT molecular complexity index is 1730. The Kier molecular flexibility index (Phi) is 12.7. The first-order valence-corrected chi connectivity index (χ1v) is 18.4. The molecule has 0 heterocycles. The second kappa shape index (κ2) is 18.0. The van der Waals surface area contributed by atoms with E-state index in [-0.39, 0.29) is 30.2 Å². The molecular formula is C44H50N2O5. The van der Waals surface area contributed by atoms with Crippen molar-refractivity contribution in [1.82, 2.24) is 10.6 Å². The van der Waals surface area contributed by atoms with E-state index in [0.29, 0.717) is 38.7 Å². The highest BCUT2D eigenvalue weighted by atomic mass is 16.5. The van der Waals surface area contributed by atoms with Crippen LogP contribution in [-0.2, 0) is 35.5 Å². The van der Waals surface area contributed by atoms with Gasteiger partial charge in [-0.05, 0) is 84.4 Å². The van der Waals surface area contributed by atoms with Crippen LogP contribution in [0.4, 0.5) is 0 Å². The number of carbonyl (C=O) groups is 2. The van der Waals surface area contributed by atoms with E-state index in [0.717, 1.165) is 64.8 Å². The molecule has 4 N–H and O–H groups in total. The number of aliphatic hydroxyl groups is 2. The monoisotopic (exact) mass is 686 g/mol. The van der Waals surface area contributed by atoms with Crippen molar-refractivity contribution in [2.75, 3.05) is 0 Å². The van der Waals surface area contributed by atoms with E-state index >= 15 is 0 Å². The number of fused-ring (bicyclic) bond motifs is 1. The van der Waals surface area contributed by atoms with Gasteiger partial charge in [0, 0.05) is 25.0 Å². The Hall–Kier alpha value is -4.72. The zero-order valence-electron chi connectivity index (χ0n) is 29.3. The quantitative estimate of drug-likeness (QED) is 0.0954. The molecule has 2 unspecified atom stereocenters. The molecule has 4 atom stereocenters. The average Bonchev–Trinajstić information content (AvgIpc) is 3.77. The molecule has 0 spiro atoms. The van der Waals surface area contributed by atoms with E-state index in [2.05, 4.69) is 22.8 Å². The highest BCUT2D eigenvalue weighted by molar-refractivity contribution is 5.88. The summed E-state index contributed by atoms with van der Waals surface area (Å²) in [5, 5.41) is 28.9. The molecule has 6 rings (SSSR count). The van der Waals surface area contributed by atoms with Crippen LogP contribution in [-0.4, -0.2) is 40.3 Å². The molecule has 266 valence electrons. The van der Waals surface area contributed by atoms with Crippen molar-refractivity contribution in [3.63, 3.8) is 0 Å². The standard InChI is InChI=1S/C44H50N2O5/c47-40(36(26-31-11-3-1-4-12-31)21-24-42(49)45-37-16-8-9-17-37)27-34(28-43(50)46-44-39-18-10-7-15-35(39)29-41(44)48)25-32-19-22-38(23-20-32)51-30-33-13-5-2-6-14-33/h1-7,10-15,18-20,22-23,28,36-37,40-41,44,47-48H,8-9,16-17,21,24-27,29-30H2,(H,45,49)(H,46,50)/b34-28+/t36?,40?,41-,44-/m0/s1. The number of rotatable bonds is 16. The van der Waals surface area contributed by atoms with Crippen LogP contribution in [0, 0.1) is 5.92 Å². The Morgan fingerprint density at radius 3 is 2.20 bits per heavy atom. The number of ether oxygens (including phenoxy) is 1. The lowest BCUT2D eigenvalue weighted by atomic mass is 9.85. The lowest BCUT2D eigenvalue weighted by Crippen LogP contribution is -2.34. The summed E-state index contributed by atoms with van der Waals surface area (Å²) in [6.45, 7) is 0.468. The molecule has 2 aliphatic rings. The maximum Gasteiger partial charge on any atom is 0.244 e. The van der Waals surface area contributed by atoms with Crippen LogP contribution in [0.3, 0.4) is 0 Å². The molecule has 4 aromatic carbocycles. The van der Waals surface area contributed by atoms with Crippen LogP contribution >= 0.6 is 0 Å². The molecule has 0 aromatic heterocycles. The molecule has 1 fully saturated rings. The summed E-state index contributed by atoms with van der Waals surface area (Å²) in [5.74, 6) is 0.285. The third-order valence-electron chi connectivity index (χ3n) is 10.3. The topological polar surface area (TPSA) is 108 Å². The van der Waals surface area contributed by atoms with E-state index in [1.54, 1.807) is 6.08 Å². The predicted octanol–water partition coefficient (Wildman–Crippen LogP) is 6.96. The first-order valence-electron chi connectivity index (χ1n) is 18.4. The zero-order chi connectivity index (χ0) is 35.4. The van der Waals surface area contributed by atoms with Crippen molar-refractivity contribution < 1.29 is 24.5 Å². The van der Waals surface area contributed by atoms with Gasteiger partial charge in [0.25, 0.3) is 0 Å². The van der Waals surface area contributed by atoms with Gasteiger partial charge >= 0.3 is 0 Å². The molecule has 0 bridgehead atoms. The molecule has 51 heavy (non-hydrogen) atoms. The van der Waals surface area contributed by atoms with Gasteiger partial charge in [0.1, 0.15) is 12.4 Å². The van der Waals surface area contributed by atoms with Crippen LogP contribution in [0.15, 0.2) is 121 Å². The fourth-order valence-electron chi connectivity index (χ4n) is 7.49. The lowest BCUT2D eigenvalue weighted by Gasteiger charge is -2.25. The molecule has 1 saturated carbocycles. The van der Waals surface area contributed by atoms with Crippen LogP contribution in [0.2, 0.25) is 0 Å². The molecule has 2 amide bonds. The molecule has 0 aliphatic heterocycles. The number of hydrogen-bond donors (Lipinski definition) is 4. The van der Waals surface area contributed by atoms with Crippen molar-refractivity contribution in [3.8, 4) is 5.75 Å². The summed E-state index contributed by atoms with van der Waals surface area (Å²) in [7, 11) is 0. The Balaban J connectivity index is 1.18. The highest BCUT2D eigenvalue weighted by Gasteiger charge is 2.32. The van der Waals surface area contributed by atoms with Crippen molar-refractivity contribution in [2.45, 2.75) is 95.1 Å². The third-order valence-corrected chi connectivity index (χ3v) is 10.3. The minimum absolute atomic E-state index is 0.0345. The minimum atomic E-state index is -0.783. The summed E-state index contributed by atoms with van der Waals surface area (Å²) in [6.07, 6.45) is 7.17. The van der Waals surface area contributed by atoms with Crippen molar-refractivity contribution >= 4 is 11.8 Å². The fourth-order valence-corrected chi connectivity index (χ4v) is 7.49. The van der Waals surface area contributed by atoms with E-state index in [1.165, 1.54) is 0 Å². The van der Waals surface area contributed by atoms with Gasteiger partial charge in [-0.25, -0.2) is 0 Å². The van der Waals surface area contributed by atoms with Crippen LogP contribution in [0.5, 0.6) is 5.75 Å². The smallest absolute Gasteiger partial charge is 0.244 e. The summed E-state index contributed by atoms with van der Waals surface area (Å²) < 4.78 is 6.00. The SMILES string of the molecule is O=C(/C=C(\Cc1ccc(OCc2ccccc2)cc1)CC(O)C(CCC(=O)NC1CCCC1)Cc1ccccc1)N[C@H]1c2ccccc2C[C@@H]1O. The predicted molar refractivity (Wildman–Crippen MR) is 200 cm³/mol. The number of carbonyl (C=O) groups excluding carboxylic acids is 2. The second-order valence-electron chi connectivity index (χ2n) is 14.2. The Labute approximate surface area is 301 Å². The van der Waals surface area contributed by atoms with Gasteiger partial charge < -0.3 is 25.6 Å². The normalized spacial score (nSPS) is 18.5. The lowest BCUT2D eigenvalue weighted by molar-refractivity contribution is -0.122. The number of aliphatic hydroxyl groups excluding tert-OH is 2. The van der Waals surface area contributed by atoms with E-state index < -0.39 is 18.2 Å². The van der Waals surface area contributed by atoms with Crippen molar-refractivity contribution in [1.29, 1.82) is 0 Å². The molecule has 7 nitrogen and oxygen atoms in total. The summed E-state index contributed by atoms with van der Waals surface area (Å²) in [5.41, 5.74) is 5.90. The van der Waals surface area contributed by atoms with E-state index in [9.17, 15) is 19.8 Å². The molecular weight excluding hydrogens is 636 g/mol. The van der Waals surface area contributed by atoms with Gasteiger partial charge in [-0.1, -0.05) is 115 Å². The number of nitrogens with one attached hydrogen (secondary N) is 2. The van der Waals surface area contributed by atoms with Gasteiger partial charge in [-0.15, -0.1) is 0 Å². The second-order valence-corrected chi connectivity index (χ2v) is 14.2. The van der Waals surface area contributed by atoms with Gasteiger partial charge in [0.2, 0.25) is 11.8 Å². The largest absolute Gasteiger partial charge is 0.489 e. The number of amides is 2. The van der Waals surface area contributed by atoms with Gasteiger partial charge in [0.05, 0.1) is 18.2 Å². The first-order chi connectivity index (χ1) is 24.9. The third kappa shape index (κ3) is 10.6. The zero-order valence-corrected chi connectivity index (χ0v) is 29.3. The first kappa shape index (κ1) is 36.1. The van der Waals surface area contributed by atoms with E-state index in [1.807, 2.05) is 97.1 Å².